The summed E-state index contributed by atoms with van der Waals surface area (Å²) in [6.07, 6.45) is 1.19. The lowest BCUT2D eigenvalue weighted by Gasteiger charge is -2.10. The summed E-state index contributed by atoms with van der Waals surface area (Å²) in [7, 11) is 0. The third kappa shape index (κ3) is 5.27. The SMILES string of the molecule is CCOc1cc(Cl)c(Cl)c(/C=N/NC(=O)COc2ccccc2)c1O. The number of phenols is 1. The minimum atomic E-state index is -0.470. The van der Waals surface area contributed by atoms with E-state index in [0.717, 1.165) is 0 Å². The summed E-state index contributed by atoms with van der Waals surface area (Å²) in [4.78, 5) is 11.7. The van der Waals surface area contributed by atoms with Gasteiger partial charge in [0.05, 0.1) is 28.4 Å². The zero-order chi connectivity index (χ0) is 18.2. The zero-order valence-corrected chi connectivity index (χ0v) is 14.8. The molecule has 0 spiro atoms. The van der Waals surface area contributed by atoms with Crippen LogP contribution in [0.1, 0.15) is 12.5 Å². The van der Waals surface area contributed by atoms with Crippen molar-refractivity contribution in [1.82, 2.24) is 5.43 Å². The highest BCUT2D eigenvalue weighted by Gasteiger charge is 2.15. The Bertz CT molecular complexity index is 767. The van der Waals surface area contributed by atoms with Crippen molar-refractivity contribution in [1.29, 1.82) is 0 Å². The van der Waals surface area contributed by atoms with Gasteiger partial charge in [0.25, 0.3) is 5.91 Å². The molecular weight excluding hydrogens is 367 g/mol. The van der Waals surface area contributed by atoms with Gasteiger partial charge in [-0.15, -0.1) is 0 Å². The number of hydrogen-bond acceptors (Lipinski definition) is 5. The Hall–Kier alpha value is -2.44. The fourth-order valence-electron chi connectivity index (χ4n) is 1.86. The van der Waals surface area contributed by atoms with Crippen LogP contribution in [0.4, 0.5) is 0 Å². The number of hydrazone groups is 1. The maximum absolute atomic E-state index is 11.7. The number of benzene rings is 2. The van der Waals surface area contributed by atoms with E-state index in [2.05, 4.69) is 10.5 Å². The lowest BCUT2D eigenvalue weighted by atomic mass is 10.2. The predicted molar refractivity (Wildman–Crippen MR) is 97.0 cm³/mol. The minimum Gasteiger partial charge on any atom is -0.504 e. The molecule has 0 atom stereocenters. The van der Waals surface area contributed by atoms with Crippen molar-refractivity contribution in [2.45, 2.75) is 6.92 Å². The Morgan fingerprint density at radius 3 is 2.68 bits per heavy atom. The van der Waals surface area contributed by atoms with Crippen molar-refractivity contribution < 1.29 is 19.4 Å². The molecule has 8 heteroatoms. The molecule has 0 saturated carbocycles. The molecule has 0 radical (unpaired) electrons. The maximum Gasteiger partial charge on any atom is 0.277 e. The molecule has 2 N–H and O–H groups in total. The second-order valence-electron chi connectivity index (χ2n) is 4.76. The van der Waals surface area contributed by atoms with Crippen LogP contribution in [0.15, 0.2) is 41.5 Å². The lowest BCUT2D eigenvalue weighted by molar-refractivity contribution is -0.123. The Morgan fingerprint density at radius 1 is 1.28 bits per heavy atom. The largest absolute Gasteiger partial charge is 0.504 e. The van der Waals surface area contributed by atoms with Crippen molar-refractivity contribution in [3.63, 3.8) is 0 Å². The average Bonchev–Trinajstić information content (AvgIpc) is 2.62. The van der Waals surface area contributed by atoms with Gasteiger partial charge >= 0.3 is 0 Å². The van der Waals surface area contributed by atoms with Gasteiger partial charge in [-0.1, -0.05) is 41.4 Å². The summed E-state index contributed by atoms with van der Waals surface area (Å²) in [5.41, 5.74) is 2.42. The molecule has 1 amide bonds. The highest BCUT2D eigenvalue weighted by molar-refractivity contribution is 6.43. The minimum absolute atomic E-state index is 0.0983. The number of halogens is 2. The summed E-state index contributed by atoms with van der Waals surface area (Å²) < 4.78 is 10.6. The second kappa shape index (κ2) is 9.15. The standard InChI is InChI=1S/C17H16Cl2N2O4/c1-2-24-14-8-13(18)16(19)12(17(14)23)9-20-21-15(22)10-25-11-6-4-3-5-7-11/h3-9,23H,2,10H2,1H3,(H,21,22)/b20-9+. The number of hydrogen-bond donors (Lipinski definition) is 2. The molecular formula is C17H16Cl2N2O4. The first-order valence-electron chi connectivity index (χ1n) is 7.36. The monoisotopic (exact) mass is 382 g/mol. The van der Waals surface area contributed by atoms with Crippen molar-refractivity contribution in [2.24, 2.45) is 5.10 Å². The highest BCUT2D eigenvalue weighted by atomic mass is 35.5. The van der Waals surface area contributed by atoms with E-state index in [4.69, 9.17) is 32.7 Å². The highest BCUT2D eigenvalue weighted by Crippen LogP contribution is 2.39. The van der Waals surface area contributed by atoms with Crippen molar-refractivity contribution in [3.05, 3.63) is 52.0 Å². The van der Waals surface area contributed by atoms with Gasteiger partial charge < -0.3 is 14.6 Å². The Morgan fingerprint density at radius 2 is 2.00 bits per heavy atom. The fourth-order valence-corrected chi connectivity index (χ4v) is 2.26. The molecule has 0 aromatic heterocycles. The first kappa shape index (κ1) is 18.9. The predicted octanol–water partition coefficient (Wildman–Crippen LogP) is 3.63. The van der Waals surface area contributed by atoms with Gasteiger partial charge in [-0.05, 0) is 19.1 Å². The number of para-hydroxylation sites is 1. The molecule has 2 rings (SSSR count). The maximum atomic E-state index is 11.7. The number of nitrogens with zero attached hydrogens (tertiary/aromatic N) is 1. The number of aromatic hydroxyl groups is 1. The number of amides is 1. The lowest BCUT2D eigenvalue weighted by Crippen LogP contribution is -2.24. The molecule has 0 unspecified atom stereocenters. The molecule has 0 fully saturated rings. The van der Waals surface area contributed by atoms with E-state index in [1.54, 1.807) is 31.2 Å². The van der Waals surface area contributed by atoms with E-state index in [-0.39, 0.29) is 33.7 Å². The topological polar surface area (TPSA) is 80.2 Å². The molecule has 0 saturated heterocycles. The van der Waals surface area contributed by atoms with Crippen LogP contribution in [-0.2, 0) is 4.79 Å². The molecule has 2 aromatic carbocycles. The fraction of sp³-hybridized carbons (Fsp3) is 0.176. The molecule has 0 aliphatic carbocycles. The quantitative estimate of drug-likeness (QED) is 0.565. The zero-order valence-electron chi connectivity index (χ0n) is 13.3. The number of ether oxygens (including phenoxy) is 2. The molecule has 0 aliphatic rings. The van der Waals surface area contributed by atoms with Gasteiger partial charge in [-0.25, -0.2) is 5.43 Å². The van der Waals surface area contributed by atoms with Crippen LogP contribution in [0.3, 0.4) is 0 Å². The van der Waals surface area contributed by atoms with Crippen molar-refractivity contribution in [2.75, 3.05) is 13.2 Å². The van der Waals surface area contributed by atoms with Crippen LogP contribution in [0, 0.1) is 0 Å². The van der Waals surface area contributed by atoms with Crippen molar-refractivity contribution in [3.8, 4) is 17.2 Å². The van der Waals surface area contributed by atoms with Crippen molar-refractivity contribution >= 4 is 35.3 Å². The van der Waals surface area contributed by atoms with E-state index in [9.17, 15) is 9.90 Å². The summed E-state index contributed by atoms with van der Waals surface area (Å²) in [5, 5.41) is 14.2. The Kier molecular flexibility index (Phi) is 6.91. The smallest absolute Gasteiger partial charge is 0.277 e. The first-order valence-corrected chi connectivity index (χ1v) is 8.12. The van der Waals surface area contributed by atoms with Crippen LogP contribution < -0.4 is 14.9 Å². The summed E-state index contributed by atoms with van der Waals surface area (Å²) in [6, 6.07) is 10.3. The van der Waals surface area contributed by atoms with Gasteiger partial charge in [-0.3, -0.25) is 4.79 Å². The normalized spacial score (nSPS) is 10.7. The van der Waals surface area contributed by atoms with Crippen LogP contribution in [0.5, 0.6) is 17.2 Å². The molecule has 0 aliphatic heterocycles. The second-order valence-corrected chi connectivity index (χ2v) is 5.55. The van der Waals surface area contributed by atoms with Gasteiger partial charge in [0.2, 0.25) is 0 Å². The Balaban J connectivity index is 2.00. The number of carbonyl (C=O) groups is 1. The van der Waals surface area contributed by atoms with Gasteiger partial charge in [-0.2, -0.15) is 5.10 Å². The van der Waals surface area contributed by atoms with E-state index in [1.165, 1.54) is 12.3 Å². The van der Waals surface area contributed by atoms with E-state index >= 15 is 0 Å². The van der Waals surface area contributed by atoms with Crippen LogP contribution in [0.2, 0.25) is 10.0 Å². The molecule has 2 aromatic rings. The summed E-state index contributed by atoms with van der Waals surface area (Å²) in [5.74, 6) is 0.0631. The molecule has 25 heavy (non-hydrogen) atoms. The molecule has 6 nitrogen and oxygen atoms in total. The number of rotatable bonds is 7. The van der Waals surface area contributed by atoms with E-state index in [1.807, 2.05) is 6.07 Å². The van der Waals surface area contributed by atoms with E-state index < -0.39 is 5.91 Å². The Labute approximate surface area is 155 Å². The van der Waals surface area contributed by atoms with Crippen LogP contribution >= 0.6 is 23.2 Å². The van der Waals surface area contributed by atoms with E-state index in [0.29, 0.717) is 12.4 Å². The summed E-state index contributed by atoms with van der Waals surface area (Å²) in [6.45, 7) is 1.90. The van der Waals surface area contributed by atoms with Gasteiger partial charge in [0.1, 0.15) is 5.75 Å². The third-order valence-corrected chi connectivity index (χ3v) is 3.79. The number of phenolic OH excluding ortho intramolecular Hbond substituents is 1. The first-order chi connectivity index (χ1) is 12.0. The van der Waals surface area contributed by atoms with Crippen LogP contribution in [-0.4, -0.2) is 30.4 Å². The number of nitrogens with one attached hydrogen (secondary N) is 1. The summed E-state index contributed by atoms with van der Waals surface area (Å²) >= 11 is 12.0. The molecule has 0 bridgehead atoms. The third-order valence-electron chi connectivity index (χ3n) is 2.99. The molecule has 132 valence electrons. The van der Waals surface area contributed by atoms with Gasteiger partial charge in [0, 0.05) is 6.07 Å². The van der Waals surface area contributed by atoms with Gasteiger partial charge in [0.15, 0.2) is 18.1 Å². The molecule has 0 heterocycles. The van der Waals surface area contributed by atoms with Crippen LogP contribution in [0.25, 0.3) is 0 Å². The average molecular weight is 383 g/mol. The number of carbonyl (C=O) groups excluding carboxylic acids is 1.